The van der Waals surface area contributed by atoms with Gasteiger partial charge < -0.3 is 10.2 Å². The smallest absolute Gasteiger partial charge is 0.253 e. The molecule has 1 N–H and O–H groups in total. The third kappa shape index (κ3) is 4.02. The number of rotatable bonds is 4. The van der Waals surface area contributed by atoms with Gasteiger partial charge in [-0.15, -0.1) is 0 Å². The second-order valence-electron chi connectivity index (χ2n) is 7.57. The quantitative estimate of drug-likeness (QED) is 0.907. The maximum Gasteiger partial charge on any atom is 0.253 e. The minimum absolute atomic E-state index is 0.0113. The Hall–Kier alpha value is -2.69. The van der Waals surface area contributed by atoms with Crippen LogP contribution in [0.2, 0.25) is 0 Å². The molecule has 1 aliphatic heterocycles. The van der Waals surface area contributed by atoms with Crippen LogP contribution in [0.25, 0.3) is 0 Å². The van der Waals surface area contributed by atoms with Crippen molar-refractivity contribution in [2.24, 2.45) is 0 Å². The number of aryl methyl sites for hydroxylation is 1. The molecule has 5 heteroatoms. The summed E-state index contributed by atoms with van der Waals surface area (Å²) < 4.78 is 0. The van der Waals surface area contributed by atoms with Crippen molar-refractivity contribution in [3.05, 3.63) is 65.0 Å². The van der Waals surface area contributed by atoms with E-state index < -0.39 is 0 Å². The van der Waals surface area contributed by atoms with Crippen molar-refractivity contribution in [3.8, 4) is 0 Å². The lowest BCUT2D eigenvalue weighted by Crippen LogP contribution is -2.38. The normalized spacial score (nSPS) is 17.6. The minimum Gasteiger partial charge on any atom is -0.349 e. The van der Waals surface area contributed by atoms with Gasteiger partial charge in [0, 0.05) is 36.3 Å². The molecule has 2 aliphatic rings. The SMILES string of the molecule is Cc1ccc(C(=O)NC2CC2)c(C2CCN(C(=O)c3ccccc3)CC2)n1. The molecule has 140 valence electrons. The van der Waals surface area contributed by atoms with Gasteiger partial charge in [0.1, 0.15) is 0 Å². The first-order chi connectivity index (χ1) is 13.1. The minimum atomic E-state index is -0.0113. The van der Waals surface area contributed by atoms with Crippen molar-refractivity contribution in [2.75, 3.05) is 13.1 Å². The van der Waals surface area contributed by atoms with Crippen molar-refractivity contribution >= 4 is 11.8 Å². The van der Waals surface area contributed by atoms with Gasteiger partial charge in [0.15, 0.2) is 0 Å². The summed E-state index contributed by atoms with van der Waals surface area (Å²) in [7, 11) is 0. The predicted molar refractivity (Wildman–Crippen MR) is 104 cm³/mol. The molecule has 0 atom stereocenters. The summed E-state index contributed by atoms with van der Waals surface area (Å²) in [5.41, 5.74) is 3.24. The number of piperidine rings is 1. The molecule has 0 bridgehead atoms. The Morgan fingerprint density at radius 1 is 1.00 bits per heavy atom. The Morgan fingerprint density at radius 3 is 2.37 bits per heavy atom. The van der Waals surface area contributed by atoms with Gasteiger partial charge in [0.2, 0.25) is 0 Å². The number of nitrogens with zero attached hydrogens (tertiary/aromatic N) is 2. The molecule has 1 aromatic carbocycles. The molecule has 1 saturated carbocycles. The zero-order valence-corrected chi connectivity index (χ0v) is 15.6. The first-order valence-electron chi connectivity index (χ1n) is 9.74. The number of pyridine rings is 1. The first-order valence-corrected chi connectivity index (χ1v) is 9.74. The lowest BCUT2D eigenvalue weighted by atomic mass is 9.89. The van der Waals surface area contributed by atoms with Crippen LogP contribution in [0, 0.1) is 6.92 Å². The lowest BCUT2D eigenvalue weighted by Gasteiger charge is -2.32. The number of carbonyl (C=O) groups excluding carboxylic acids is 2. The Kier molecular flexibility index (Phi) is 4.92. The fourth-order valence-electron chi connectivity index (χ4n) is 3.69. The standard InChI is InChI=1S/C22H25N3O2/c1-15-7-10-19(21(26)24-18-8-9-18)20(23-15)16-11-13-25(14-12-16)22(27)17-5-3-2-4-6-17/h2-7,10,16,18H,8-9,11-14H2,1H3,(H,24,26). The van der Waals surface area contributed by atoms with Crippen LogP contribution < -0.4 is 5.32 Å². The van der Waals surface area contributed by atoms with E-state index >= 15 is 0 Å². The zero-order chi connectivity index (χ0) is 18.8. The molecule has 27 heavy (non-hydrogen) atoms. The number of likely N-dealkylation sites (tertiary alicyclic amines) is 1. The third-order valence-corrected chi connectivity index (χ3v) is 5.41. The zero-order valence-electron chi connectivity index (χ0n) is 15.6. The molecule has 1 aliphatic carbocycles. The number of benzene rings is 1. The summed E-state index contributed by atoms with van der Waals surface area (Å²) in [4.78, 5) is 31.9. The molecule has 1 aromatic heterocycles. The number of hydrogen-bond donors (Lipinski definition) is 1. The molecule has 1 saturated heterocycles. The van der Waals surface area contributed by atoms with Crippen LogP contribution in [0.1, 0.15) is 63.7 Å². The van der Waals surface area contributed by atoms with E-state index in [4.69, 9.17) is 4.98 Å². The first kappa shape index (κ1) is 17.7. The van der Waals surface area contributed by atoms with Crippen LogP contribution in [-0.2, 0) is 0 Å². The molecule has 2 heterocycles. The summed E-state index contributed by atoms with van der Waals surface area (Å²) in [5.74, 6) is 0.283. The average molecular weight is 363 g/mol. The van der Waals surface area contributed by atoms with Crippen LogP contribution in [0.5, 0.6) is 0 Å². The van der Waals surface area contributed by atoms with E-state index in [0.717, 1.165) is 42.6 Å². The monoisotopic (exact) mass is 363 g/mol. The second-order valence-corrected chi connectivity index (χ2v) is 7.57. The van der Waals surface area contributed by atoms with E-state index in [1.165, 1.54) is 0 Å². The van der Waals surface area contributed by atoms with Crippen LogP contribution in [0.15, 0.2) is 42.5 Å². The summed E-state index contributed by atoms with van der Waals surface area (Å²) >= 11 is 0. The van der Waals surface area contributed by atoms with Crippen molar-refractivity contribution in [3.63, 3.8) is 0 Å². The van der Waals surface area contributed by atoms with Gasteiger partial charge in [-0.3, -0.25) is 14.6 Å². The molecular weight excluding hydrogens is 338 g/mol. The van der Waals surface area contributed by atoms with Crippen LogP contribution >= 0.6 is 0 Å². The molecule has 5 nitrogen and oxygen atoms in total. The largest absolute Gasteiger partial charge is 0.349 e. The molecule has 0 unspecified atom stereocenters. The van der Waals surface area contributed by atoms with Gasteiger partial charge in [0.05, 0.1) is 11.3 Å². The maximum absolute atomic E-state index is 12.6. The highest BCUT2D eigenvalue weighted by Crippen LogP contribution is 2.30. The Balaban J connectivity index is 1.47. The molecule has 0 radical (unpaired) electrons. The van der Waals surface area contributed by atoms with Crippen LogP contribution in [0.3, 0.4) is 0 Å². The van der Waals surface area contributed by atoms with E-state index in [-0.39, 0.29) is 17.7 Å². The molecule has 4 rings (SSSR count). The van der Waals surface area contributed by atoms with Crippen molar-refractivity contribution in [1.82, 2.24) is 15.2 Å². The lowest BCUT2D eigenvalue weighted by molar-refractivity contribution is 0.0710. The van der Waals surface area contributed by atoms with Crippen LogP contribution in [0.4, 0.5) is 0 Å². The molecule has 2 fully saturated rings. The van der Waals surface area contributed by atoms with E-state index in [1.54, 1.807) is 0 Å². The van der Waals surface area contributed by atoms with Gasteiger partial charge in [-0.1, -0.05) is 18.2 Å². The fourth-order valence-corrected chi connectivity index (χ4v) is 3.69. The van der Waals surface area contributed by atoms with Crippen molar-refractivity contribution in [1.29, 1.82) is 0 Å². The highest BCUT2D eigenvalue weighted by atomic mass is 16.2. The van der Waals surface area contributed by atoms with Gasteiger partial charge in [-0.2, -0.15) is 0 Å². The summed E-state index contributed by atoms with van der Waals surface area (Å²) in [6.07, 6.45) is 3.80. The Morgan fingerprint density at radius 2 is 1.70 bits per heavy atom. The van der Waals surface area contributed by atoms with Gasteiger partial charge in [-0.05, 0) is 56.9 Å². The van der Waals surface area contributed by atoms with E-state index in [1.807, 2.05) is 54.3 Å². The number of hydrogen-bond acceptors (Lipinski definition) is 3. The third-order valence-electron chi connectivity index (χ3n) is 5.41. The topological polar surface area (TPSA) is 62.3 Å². The fraction of sp³-hybridized carbons (Fsp3) is 0.409. The summed E-state index contributed by atoms with van der Waals surface area (Å²) in [5, 5.41) is 3.07. The van der Waals surface area contributed by atoms with Crippen LogP contribution in [-0.4, -0.2) is 40.8 Å². The van der Waals surface area contributed by atoms with E-state index in [2.05, 4.69) is 5.32 Å². The highest BCUT2D eigenvalue weighted by molar-refractivity contribution is 5.96. The van der Waals surface area contributed by atoms with E-state index in [0.29, 0.717) is 24.7 Å². The predicted octanol–water partition coefficient (Wildman–Crippen LogP) is 3.30. The van der Waals surface area contributed by atoms with Gasteiger partial charge in [-0.25, -0.2) is 0 Å². The maximum atomic E-state index is 12.6. The Labute approximate surface area is 159 Å². The second kappa shape index (κ2) is 7.51. The average Bonchev–Trinajstić information content (AvgIpc) is 3.52. The molecule has 2 aromatic rings. The highest BCUT2D eigenvalue weighted by Gasteiger charge is 2.30. The van der Waals surface area contributed by atoms with Crippen molar-refractivity contribution < 1.29 is 9.59 Å². The van der Waals surface area contributed by atoms with Gasteiger partial charge >= 0.3 is 0 Å². The summed E-state index contributed by atoms with van der Waals surface area (Å²) in [6.45, 7) is 3.34. The van der Waals surface area contributed by atoms with Crippen molar-refractivity contribution in [2.45, 2.75) is 44.6 Å². The number of aromatic nitrogens is 1. The Bertz CT molecular complexity index is 838. The van der Waals surface area contributed by atoms with E-state index in [9.17, 15) is 9.59 Å². The summed E-state index contributed by atoms with van der Waals surface area (Å²) in [6, 6.07) is 13.5. The van der Waals surface area contributed by atoms with Gasteiger partial charge in [0.25, 0.3) is 11.8 Å². The number of nitrogens with one attached hydrogen (secondary N) is 1. The molecular formula is C22H25N3O2. The number of carbonyl (C=O) groups is 2. The molecule has 0 spiro atoms. The number of amides is 2. The molecule has 2 amide bonds.